The van der Waals surface area contributed by atoms with Crippen LogP contribution in [0.25, 0.3) is 0 Å². The van der Waals surface area contributed by atoms with E-state index < -0.39 is 5.41 Å². The van der Waals surface area contributed by atoms with Crippen molar-refractivity contribution in [1.29, 1.82) is 0 Å². The van der Waals surface area contributed by atoms with Crippen molar-refractivity contribution >= 4 is 0 Å². The van der Waals surface area contributed by atoms with Crippen molar-refractivity contribution in [1.82, 2.24) is 5.32 Å². The molecule has 0 spiro atoms. The van der Waals surface area contributed by atoms with Crippen molar-refractivity contribution in [3.05, 3.63) is 0 Å². The molecule has 0 aliphatic rings. The highest BCUT2D eigenvalue weighted by Crippen LogP contribution is 2.12. The van der Waals surface area contributed by atoms with Gasteiger partial charge in [-0.2, -0.15) is 0 Å². The number of hydrogen-bond donors (Lipinski definition) is 3. The molecule has 0 amide bonds. The van der Waals surface area contributed by atoms with Crippen molar-refractivity contribution in [2.24, 2.45) is 5.41 Å². The van der Waals surface area contributed by atoms with Gasteiger partial charge in [0.1, 0.15) is 0 Å². The molecule has 14 heavy (non-hydrogen) atoms. The predicted molar refractivity (Wildman–Crippen MR) is 56.2 cm³/mol. The second-order valence-corrected chi connectivity index (χ2v) is 4.07. The maximum atomic E-state index is 9.07. The Bertz CT molecular complexity index is 137. The van der Waals surface area contributed by atoms with Gasteiger partial charge in [0.25, 0.3) is 0 Å². The third-order valence-corrected chi connectivity index (χ3v) is 2.44. The number of nitrogens with one attached hydrogen (secondary N) is 1. The van der Waals surface area contributed by atoms with E-state index in [1.54, 1.807) is 7.11 Å². The van der Waals surface area contributed by atoms with Crippen LogP contribution in [0.5, 0.6) is 0 Å². The third-order valence-electron chi connectivity index (χ3n) is 2.44. The maximum Gasteiger partial charge on any atom is 0.0615 e. The second kappa shape index (κ2) is 7.17. The van der Waals surface area contributed by atoms with Crippen molar-refractivity contribution in [2.45, 2.75) is 26.3 Å². The molecule has 4 heteroatoms. The molecular formula is C10H23NO3. The van der Waals surface area contributed by atoms with Crippen LogP contribution in [0.1, 0.15) is 20.3 Å². The molecule has 0 radical (unpaired) electrons. The zero-order valence-electron chi connectivity index (χ0n) is 9.42. The van der Waals surface area contributed by atoms with E-state index in [1.807, 2.05) is 6.92 Å². The molecule has 3 N–H and O–H groups in total. The SMILES string of the molecule is CCC(COC)NCC(C)(CO)CO. The number of aliphatic hydroxyl groups is 2. The van der Waals surface area contributed by atoms with E-state index in [4.69, 9.17) is 14.9 Å². The van der Waals surface area contributed by atoms with Crippen LogP contribution in [0.15, 0.2) is 0 Å². The first-order valence-corrected chi connectivity index (χ1v) is 5.06. The van der Waals surface area contributed by atoms with Crippen LogP contribution in [-0.2, 0) is 4.74 Å². The Balaban J connectivity index is 3.87. The molecule has 0 fully saturated rings. The number of hydrogen-bond acceptors (Lipinski definition) is 4. The van der Waals surface area contributed by atoms with Gasteiger partial charge in [-0.1, -0.05) is 13.8 Å². The van der Waals surface area contributed by atoms with E-state index in [1.165, 1.54) is 0 Å². The second-order valence-electron chi connectivity index (χ2n) is 4.07. The fourth-order valence-corrected chi connectivity index (χ4v) is 1.07. The summed E-state index contributed by atoms with van der Waals surface area (Å²) in [6.07, 6.45) is 0.973. The number of methoxy groups -OCH3 is 1. The monoisotopic (exact) mass is 205 g/mol. The third kappa shape index (κ3) is 4.91. The molecule has 0 heterocycles. The predicted octanol–water partition coefficient (Wildman–Crippen LogP) is -0.00810. The molecule has 0 aromatic heterocycles. The summed E-state index contributed by atoms with van der Waals surface area (Å²) >= 11 is 0. The molecule has 0 aromatic rings. The summed E-state index contributed by atoms with van der Waals surface area (Å²) in [5, 5.41) is 21.4. The molecule has 4 nitrogen and oxygen atoms in total. The highest BCUT2D eigenvalue weighted by molar-refractivity contribution is 4.77. The molecule has 0 rings (SSSR count). The minimum atomic E-state index is -0.443. The summed E-state index contributed by atoms with van der Waals surface area (Å²) in [5.41, 5.74) is -0.443. The Morgan fingerprint density at radius 3 is 2.29 bits per heavy atom. The lowest BCUT2D eigenvalue weighted by atomic mass is 9.92. The smallest absolute Gasteiger partial charge is 0.0615 e. The van der Waals surface area contributed by atoms with E-state index in [0.717, 1.165) is 6.42 Å². The average molecular weight is 205 g/mol. The molecule has 0 aliphatic carbocycles. The lowest BCUT2D eigenvalue weighted by molar-refractivity contribution is 0.0624. The topological polar surface area (TPSA) is 61.7 Å². The van der Waals surface area contributed by atoms with Gasteiger partial charge >= 0.3 is 0 Å². The summed E-state index contributed by atoms with van der Waals surface area (Å²) in [5.74, 6) is 0. The molecule has 0 bridgehead atoms. The normalized spacial score (nSPS) is 14.4. The highest BCUT2D eigenvalue weighted by atomic mass is 16.5. The first kappa shape index (κ1) is 13.8. The van der Waals surface area contributed by atoms with Gasteiger partial charge in [0.05, 0.1) is 19.8 Å². The average Bonchev–Trinajstić information content (AvgIpc) is 2.23. The standard InChI is InChI=1S/C10H23NO3/c1-4-9(5-14-3)11-6-10(2,7-12)8-13/h9,11-13H,4-8H2,1-3H3. The van der Waals surface area contributed by atoms with Crippen molar-refractivity contribution < 1.29 is 14.9 Å². The Morgan fingerprint density at radius 2 is 1.93 bits per heavy atom. The summed E-state index contributed by atoms with van der Waals surface area (Å²) in [6.45, 7) is 5.15. The summed E-state index contributed by atoms with van der Waals surface area (Å²) < 4.78 is 5.04. The fraction of sp³-hybridized carbons (Fsp3) is 1.00. The van der Waals surface area contributed by atoms with Crippen molar-refractivity contribution in [2.75, 3.05) is 33.5 Å². The Kier molecular flexibility index (Phi) is 7.09. The Labute approximate surface area is 86.3 Å². The molecule has 0 saturated carbocycles. The van der Waals surface area contributed by atoms with Gasteiger partial charge in [0.2, 0.25) is 0 Å². The minimum Gasteiger partial charge on any atom is -0.396 e. The van der Waals surface area contributed by atoms with E-state index in [-0.39, 0.29) is 19.3 Å². The number of aliphatic hydroxyl groups excluding tert-OH is 2. The van der Waals surface area contributed by atoms with Gasteiger partial charge in [-0.15, -0.1) is 0 Å². The molecule has 0 aromatic carbocycles. The van der Waals surface area contributed by atoms with Crippen LogP contribution in [0.3, 0.4) is 0 Å². The van der Waals surface area contributed by atoms with Crippen LogP contribution in [0.2, 0.25) is 0 Å². The number of ether oxygens (including phenoxy) is 1. The quantitative estimate of drug-likeness (QED) is 0.521. The zero-order chi connectivity index (χ0) is 11.0. The summed E-state index contributed by atoms with van der Waals surface area (Å²) in [6, 6.07) is 0.289. The maximum absolute atomic E-state index is 9.07. The van der Waals surface area contributed by atoms with Crippen LogP contribution in [-0.4, -0.2) is 49.7 Å². The molecule has 1 unspecified atom stereocenters. The Hall–Kier alpha value is -0.160. The lowest BCUT2D eigenvalue weighted by Gasteiger charge is -2.27. The van der Waals surface area contributed by atoms with Crippen LogP contribution in [0.4, 0.5) is 0 Å². The molecular weight excluding hydrogens is 182 g/mol. The van der Waals surface area contributed by atoms with Crippen molar-refractivity contribution in [3.8, 4) is 0 Å². The zero-order valence-corrected chi connectivity index (χ0v) is 9.42. The molecule has 86 valence electrons. The molecule has 0 aliphatic heterocycles. The molecule has 0 saturated heterocycles. The Morgan fingerprint density at radius 1 is 1.36 bits per heavy atom. The van der Waals surface area contributed by atoms with Gasteiger partial charge < -0.3 is 20.3 Å². The number of rotatable bonds is 8. The lowest BCUT2D eigenvalue weighted by Crippen LogP contribution is -2.43. The van der Waals surface area contributed by atoms with E-state index >= 15 is 0 Å². The van der Waals surface area contributed by atoms with E-state index in [0.29, 0.717) is 13.2 Å². The van der Waals surface area contributed by atoms with Crippen LogP contribution >= 0.6 is 0 Å². The first-order chi connectivity index (χ1) is 6.61. The summed E-state index contributed by atoms with van der Waals surface area (Å²) in [7, 11) is 1.67. The fourth-order valence-electron chi connectivity index (χ4n) is 1.07. The van der Waals surface area contributed by atoms with Gasteiger partial charge in [-0.25, -0.2) is 0 Å². The van der Waals surface area contributed by atoms with E-state index in [9.17, 15) is 0 Å². The van der Waals surface area contributed by atoms with Gasteiger partial charge in [0, 0.05) is 25.1 Å². The van der Waals surface area contributed by atoms with Gasteiger partial charge in [0.15, 0.2) is 0 Å². The minimum absolute atomic E-state index is 0.0140. The first-order valence-electron chi connectivity index (χ1n) is 5.06. The van der Waals surface area contributed by atoms with Crippen LogP contribution < -0.4 is 5.32 Å². The van der Waals surface area contributed by atoms with Gasteiger partial charge in [-0.05, 0) is 6.42 Å². The van der Waals surface area contributed by atoms with Crippen molar-refractivity contribution in [3.63, 3.8) is 0 Å². The van der Waals surface area contributed by atoms with Crippen LogP contribution in [0, 0.1) is 5.41 Å². The largest absolute Gasteiger partial charge is 0.396 e. The van der Waals surface area contributed by atoms with Gasteiger partial charge in [-0.3, -0.25) is 0 Å². The highest BCUT2D eigenvalue weighted by Gasteiger charge is 2.23. The van der Waals surface area contributed by atoms with E-state index in [2.05, 4.69) is 12.2 Å². The summed E-state index contributed by atoms with van der Waals surface area (Å²) in [4.78, 5) is 0. The molecule has 1 atom stereocenters.